The van der Waals surface area contributed by atoms with Gasteiger partial charge in [0, 0.05) is 5.69 Å². The first-order valence-electron chi connectivity index (χ1n) is 8.70. The lowest BCUT2D eigenvalue weighted by molar-refractivity contribution is -0.137. The molecule has 0 fully saturated rings. The number of aliphatic hydroxyl groups is 1. The lowest BCUT2D eigenvalue weighted by Crippen LogP contribution is -2.15. The Morgan fingerprint density at radius 2 is 1.90 bits per heavy atom. The number of nitriles is 1. The average molecular weight is 429 g/mol. The van der Waals surface area contributed by atoms with Crippen molar-refractivity contribution in [1.29, 1.82) is 5.26 Å². The number of alkyl halides is 3. The molecule has 0 saturated heterocycles. The summed E-state index contributed by atoms with van der Waals surface area (Å²) in [5.74, 6) is -0.990. The molecule has 0 aliphatic heterocycles. The van der Waals surface area contributed by atoms with Crippen molar-refractivity contribution >= 4 is 17.4 Å². The van der Waals surface area contributed by atoms with Crippen LogP contribution in [0.3, 0.4) is 0 Å². The standard InChI is InChI=1S/C21H14F3N3O4/c1-12-18(11-26-31-12)19(28)17(10-25)20(29)27-14-5-7-15(8-6-14)30-16-4-2-3-13(9-16)21(22,23)24/h2-9,11,28H,1H3,(H,27,29)/b19-17-. The molecule has 158 valence electrons. The van der Waals surface area contributed by atoms with Crippen LogP contribution in [-0.4, -0.2) is 16.2 Å². The van der Waals surface area contributed by atoms with E-state index in [9.17, 15) is 28.3 Å². The Labute approximate surface area is 174 Å². The molecule has 0 aliphatic carbocycles. The Morgan fingerprint density at radius 3 is 2.48 bits per heavy atom. The van der Waals surface area contributed by atoms with Crippen LogP contribution in [0.1, 0.15) is 16.9 Å². The quantitative estimate of drug-likeness (QED) is 0.327. The third-order valence-electron chi connectivity index (χ3n) is 4.09. The van der Waals surface area contributed by atoms with Crippen molar-refractivity contribution in [1.82, 2.24) is 5.16 Å². The molecule has 1 heterocycles. The zero-order valence-corrected chi connectivity index (χ0v) is 15.9. The van der Waals surface area contributed by atoms with Gasteiger partial charge in [-0.2, -0.15) is 18.4 Å². The third kappa shape index (κ3) is 5.02. The highest BCUT2D eigenvalue weighted by Gasteiger charge is 2.30. The monoisotopic (exact) mass is 429 g/mol. The topological polar surface area (TPSA) is 108 Å². The Hall–Kier alpha value is -4.26. The first-order valence-corrected chi connectivity index (χ1v) is 8.70. The summed E-state index contributed by atoms with van der Waals surface area (Å²) in [5.41, 5.74) is -1.01. The largest absolute Gasteiger partial charge is 0.506 e. The number of nitrogens with zero attached hydrogens (tertiary/aromatic N) is 2. The molecule has 0 aliphatic rings. The summed E-state index contributed by atoms with van der Waals surface area (Å²) in [7, 11) is 0. The minimum atomic E-state index is -4.49. The molecule has 0 atom stereocenters. The van der Waals surface area contributed by atoms with E-state index in [-0.39, 0.29) is 28.5 Å². The summed E-state index contributed by atoms with van der Waals surface area (Å²) in [6.07, 6.45) is -3.31. The highest BCUT2D eigenvalue weighted by Crippen LogP contribution is 2.33. The summed E-state index contributed by atoms with van der Waals surface area (Å²) >= 11 is 0. The maximum atomic E-state index is 12.8. The number of halogens is 3. The van der Waals surface area contributed by atoms with E-state index in [1.165, 1.54) is 49.5 Å². The molecule has 0 saturated carbocycles. The normalized spacial score (nSPS) is 12.0. The van der Waals surface area contributed by atoms with E-state index >= 15 is 0 Å². The van der Waals surface area contributed by atoms with Crippen LogP contribution in [-0.2, 0) is 11.0 Å². The van der Waals surface area contributed by atoms with Gasteiger partial charge in [0.05, 0.1) is 17.3 Å². The number of carbonyl (C=O) groups excluding carboxylic acids is 1. The fraction of sp³-hybridized carbons (Fsp3) is 0.0952. The maximum absolute atomic E-state index is 12.8. The molecule has 0 spiro atoms. The van der Waals surface area contributed by atoms with E-state index < -0.39 is 29.0 Å². The second kappa shape index (κ2) is 8.62. The maximum Gasteiger partial charge on any atom is 0.416 e. The van der Waals surface area contributed by atoms with Crippen molar-refractivity contribution in [3.05, 3.63) is 77.2 Å². The Kier molecular flexibility index (Phi) is 5.97. The zero-order chi connectivity index (χ0) is 22.6. The molecule has 1 amide bonds. The molecule has 0 unspecified atom stereocenters. The molecule has 3 rings (SSSR count). The molecule has 31 heavy (non-hydrogen) atoms. The average Bonchev–Trinajstić information content (AvgIpc) is 3.15. The van der Waals surface area contributed by atoms with Gasteiger partial charge in [-0.25, -0.2) is 0 Å². The number of hydrogen-bond acceptors (Lipinski definition) is 6. The lowest BCUT2D eigenvalue weighted by atomic mass is 10.1. The molecule has 2 aromatic carbocycles. The summed E-state index contributed by atoms with van der Waals surface area (Å²) < 4.78 is 48.6. The third-order valence-corrected chi connectivity index (χ3v) is 4.09. The molecule has 1 aromatic heterocycles. The number of ether oxygens (including phenoxy) is 1. The number of nitrogens with one attached hydrogen (secondary N) is 1. The second-order valence-corrected chi connectivity index (χ2v) is 6.24. The molecular formula is C21H14F3N3O4. The number of hydrogen-bond donors (Lipinski definition) is 2. The fourth-order valence-electron chi connectivity index (χ4n) is 2.54. The fourth-order valence-corrected chi connectivity index (χ4v) is 2.54. The second-order valence-electron chi connectivity index (χ2n) is 6.24. The van der Waals surface area contributed by atoms with Crippen molar-refractivity contribution in [2.75, 3.05) is 5.32 Å². The van der Waals surface area contributed by atoms with Gasteiger partial charge in [-0.1, -0.05) is 11.2 Å². The van der Waals surface area contributed by atoms with E-state index in [4.69, 9.17) is 9.26 Å². The summed E-state index contributed by atoms with van der Waals surface area (Å²) in [4.78, 5) is 12.4. The van der Waals surface area contributed by atoms with Gasteiger partial charge in [0.1, 0.15) is 23.3 Å². The van der Waals surface area contributed by atoms with Crippen molar-refractivity contribution in [2.24, 2.45) is 0 Å². The first-order chi connectivity index (χ1) is 14.7. The number of rotatable bonds is 5. The van der Waals surface area contributed by atoms with Crippen LogP contribution in [0.15, 0.2) is 64.8 Å². The van der Waals surface area contributed by atoms with Crippen LogP contribution in [0.25, 0.3) is 5.76 Å². The van der Waals surface area contributed by atoms with E-state index in [1.54, 1.807) is 6.07 Å². The highest BCUT2D eigenvalue weighted by molar-refractivity contribution is 6.11. The van der Waals surface area contributed by atoms with Crippen LogP contribution >= 0.6 is 0 Å². The SMILES string of the molecule is Cc1oncc1/C(O)=C(\C#N)C(=O)Nc1ccc(Oc2cccc(C(F)(F)F)c2)cc1. The molecule has 7 nitrogen and oxygen atoms in total. The summed E-state index contributed by atoms with van der Waals surface area (Å²) in [6.45, 7) is 1.51. The smallest absolute Gasteiger partial charge is 0.416 e. The van der Waals surface area contributed by atoms with E-state index in [0.717, 1.165) is 12.1 Å². The van der Waals surface area contributed by atoms with Gasteiger partial charge < -0.3 is 19.7 Å². The number of benzene rings is 2. The number of anilines is 1. The van der Waals surface area contributed by atoms with Gasteiger partial charge in [0.2, 0.25) is 0 Å². The minimum Gasteiger partial charge on any atom is -0.506 e. The molecule has 10 heteroatoms. The van der Waals surface area contributed by atoms with Crippen molar-refractivity contribution < 1.29 is 32.3 Å². The van der Waals surface area contributed by atoms with Gasteiger partial charge >= 0.3 is 6.18 Å². The lowest BCUT2D eigenvalue weighted by Gasteiger charge is -2.11. The van der Waals surface area contributed by atoms with Crippen LogP contribution in [0.4, 0.5) is 18.9 Å². The van der Waals surface area contributed by atoms with Crippen LogP contribution in [0.2, 0.25) is 0 Å². The van der Waals surface area contributed by atoms with Gasteiger partial charge in [0.25, 0.3) is 5.91 Å². The van der Waals surface area contributed by atoms with E-state index in [2.05, 4.69) is 10.5 Å². The highest BCUT2D eigenvalue weighted by atomic mass is 19.4. The van der Waals surface area contributed by atoms with Crippen molar-refractivity contribution in [2.45, 2.75) is 13.1 Å². The predicted octanol–water partition coefficient (Wildman–Crippen LogP) is 5.23. The van der Waals surface area contributed by atoms with E-state index in [1.807, 2.05) is 0 Å². The van der Waals surface area contributed by atoms with Crippen LogP contribution in [0.5, 0.6) is 11.5 Å². The molecule has 3 aromatic rings. The number of aliphatic hydroxyl groups excluding tert-OH is 1. The predicted molar refractivity (Wildman–Crippen MR) is 103 cm³/mol. The number of aryl methyl sites for hydroxylation is 1. The van der Waals surface area contributed by atoms with Crippen LogP contribution < -0.4 is 10.1 Å². The molecule has 0 radical (unpaired) electrons. The molecular weight excluding hydrogens is 415 g/mol. The number of amides is 1. The Morgan fingerprint density at radius 1 is 1.19 bits per heavy atom. The molecule has 0 bridgehead atoms. The summed E-state index contributed by atoms with van der Waals surface area (Å²) in [6, 6.07) is 11.7. The number of carbonyl (C=O) groups is 1. The van der Waals surface area contributed by atoms with Gasteiger partial charge in [-0.3, -0.25) is 4.79 Å². The van der Waals surface area contributed by atoms with Gasteiger partial charge in [0.15, 0.2) is 11.3 Å². The molecule has 2 N–H and O–H groups in total. The Balaban J connectivity index is 1.73. The van der Waals surface area contributed by atoms with E-state index in [0.29, 0.717) is 0 Å². The first kappa shape index (κ1) is 21.4. The van der Waals surface area contributed by atoms with Gasteiger partial charge in [-0.15, -0.1) is 0 Å². The van der Waals surface area contributed by atoms with Crippen molar-refractivity contribution in [3.63, 3.8) is 0 Å². The minimum absolute atomic E-state index is 0.00433. The number of aromatic nitrogens is 1. The summed E-state index contributed by atoms with van der Waals surface area (Å²) in [5, 5.41) is 25.3. The van der Waals surface area contributed by atoms with Crippen LogP contribution in [0, 0.1) is 18.3 Å². The Bertz CT molecular complexity index is 1180. The van der Waals surface area contributed by atoms with Crippen molar-refractivity contribution in [3.8, 4) is 17.6 Å². The zero-order valence-electron chi connectivity index (χ0n) is 15.9. The van der Waals surface area contributed by atoms with Gasteiger partial charge in [-0.05, 0) is 49.4 Å².